The molecule has 1 aromatic heterocycles. The molecule has 0 spiro atoms. The predicted octanol–water partition coefficient (Wildman–Crippen LogP) is -0.391. The monoisotopic (exact) mass is 126 g/mol. The Morgan fingerprint density at radius 1 is 1.44 bits per heavy atom. The summed E-state index contributed by atoms with van der Waals surface area (Å²) in [5.74, 6) is 1.28. The molecule has 5 heteroatoms. The van der Waals surface area contributed by atoms with E-state index in [2.05, 4.69) is 20.7 Å². The molecule has 0 radical (unpaired) electrons. The Morgan fingerprint density at radius 2 is 2.44 bits per heavy atom. The summed E-state index contributed by atoms with van der Waals surface area (Å²) in [7, 11) is 0. The summed E-state index contributed by atoms with van der Waals surface area (Å²) in [6.07, 6.45) is 0. The number of fused-ring (bicyclic) bond motifs is 1. The van der Waals surface area contributed by atoms with E-state index < -0.39 is 0 Å². The van der Waals surface area contributed by atoms with Crippen molar-refractivity contribution in [3.63, 3.8) is 0 Å². The fourth-order valence-corrected chi connectivity index (χ4v) is 0.754. The number of ether oxygens (including phenoxy) is 1. The summed E-state index contributed by atoms with van der Waals surface area (Å²) < 4.78 is 5.10. The molecule has 48 valence electrons. The third-order valence-corrected chi connectivity index (χ3v) is 1.15. The topological polar surface area (TPSA) is 62.8 Å². The molecule has 0 saturated carbocycles. The lowest BCUT2D eigenvalue weighted by Gasteiger charge is -2.10. The first-order valence-electron chi connectivity index (χ1n) is 2.74. The smallest absolute Gasteiger partial charge is 0.277 e. The van der Waals surface area contributed by atoms with Crippen molar-refractivity contribution in [1.82, 2.24) is 15.4 Å². The number of hydrogen-bond acceptors (Lipinski definition) is 4. The maximum absolute atomic E-state index is 5.10. The average Bonchev–Trinajstić information content (AvgIpc) is 2.33. The third-order valence-electron chi connectivity index (χ3n) is 1.15. The van der Waals surface area contributed by atoms with Gasteiger partial charge in [0.1, 0.15) is 6.61 Å². The van der Waals surface area contributed by atoms with E-state index in [4.69, 9.17) is 4.74 Å². The molecule has 0 bridgehead atoms. The van der Waals surface area contributed by atoms with Gasteiger partial charge >= 0.3 is 0 Å². The van der Waals surface area contributed by atoms with Crippen molar-refractivity contribution in [2.45, 2.75) is 0 Å². The first-order chi connectivity index (χ1) is 4.47. The van der Waals surface area contributed by atoms with Crippen LogP contribution in [0.1, 0.15) is 0 Å². The van der Waals surface area contributed by atoms with Crippen LogP contribution in [-0.4, -0.2) is 28.6 Å². The van der Waals surface area contributed by atoms with Crippen molar-refractivity contribution in [1.29, 1.82) is 0 Å². The first kappa shape index (κ1) is 4.60. The zero-order chi connectivity index (χ0) is 6.10. The summed E-state index contributed by atoms with van der Waals surface area (Å²) in [5.41, 5.74) is 0. The van der Waals surface area contributed by atoms with E-state index in [-0.39, 0.29) is 0 Å². The highest BCUT2D eigenvalue weighted by molar-refractivity contribution is 5.45. The van der Waals surface area contributed by atoms with Crippen LogP contribution < -0.4 is 10.1 Å². The third kappa shape index (κ3) is 0.611. The number of hydrogen-bond donors (Lipinski definition) is 2. The highest BCUT2D eigenvalue weighted by atomic mass is 16.5. The summed E-state index contributed by atoms with van der Waals surface area (Å²) >= 11 is 0. The highest BCUT2D eigenvalue weighted by Gasteiger charge is 2.11. The van der Waals surface area contributed by atoms with Crippen LogP contribution in [0.15, 0.2) is 0 Å². The minimum atomic E-state index is 0.571. The molecule has 2 rings (SSSR count). The fraction of sp³-hybridized carbons (Fsp3) is 0.500. The van der Waals surface area contributed by atoms with Crippen LogP contribution in [0.3, 0.4) is 0 Å². The SMILES string of the molecule is C1COc2n[nH]nc2N1. The molecule has 5 nitrogen and oxygen atoms in total. The number of anilines is 1. The van der Waals surface area contributed by atoms with Crippen LogP contribution >= 0.6 is 0 Å². The highest BCUT2D eigenvalue weighted by Crippen LogP contribution is 2.18. The number of nitrogens with one attached hydrogen (secondary N) is 2. The van der Waals surface area contributed by atoms with Gasteiger partial charge in [-0.05, 0) is 0 Å². The molecule has 2 heterocycles. The summed E-state index contributed by atoms with van der Waals surface area (Å²) in [6, 6.07) is 0. The van der Waals surface area contributed by atoms with Gasteiger partial charge in [0.25, 0.3) is 5.88 Å². The van der Waals surface area contributed by atoms with E-state index in [1.165, 1.54) is 0 Å². The Morgan fingerprint density at radius 3 is 3.33 bits per heavy atom. The number of aromatic amines is 1. The minimum Gasteiger partial charge on any atom is -0.472 e. The van der Waals surface area contributed by atoms with E-state index in [1.807, 2.05) is 0 Å². The van der Waals surface area contributed by atoms with E-state index in [0.717, 1.165) is 6.54 Å². The second kappa shape index (κ2) is 1.61. The standard InChI is InChI=1S/C4H6N4O/c1-2-9-4-3(5-1)6-8-7-4/h1-2H2,(H2,5,6,7,8). The molecular formula is C4H6N4O. The van der Waals surface area contributed by atoms with Gasteiger partial charge in [-0.15, -0.1) is 10.2 Å². The molecule has 1 aliphatic rings. The van der Waals surface area contributed by atoms with E-state index >= 15 is 0 Å². The normalized spacial score (nSPS) is 15.6. The molecule has 0 saturated heterocycles. The van der Waals surface area contributed by atoms with E-state index in [1.54, 1.807) is 0 Å². The van der Waals surface area contributed by atoms with Crippen molar-refractivity contribution in [2.24, 2.45) is 0 Å². The van der Waals surface area contributed by atoms with Crippen LogP contribution in [0.5, 0.6) is 5.88 Å². The van der Waals surface area contributed by atoms with Gasteiger partial charge in [-0.25, -0.2) is 0 Å². The maximum atomic E-state index is 5.10. The molecule has 0 fully saturated rings. The largest absolute Gasteiger partial charge is 0.472 e. The predicted molar refractivity (Wildman–Crippen MR) is 30.4 cm³/mol. The van der Waals surface area contributed by atoms with Gasteiger partial charge < -0.3 is 10.1 Å². The molecule has 2 N–H and O–H groups in total. The lowest BCUT2D eigenvalue weighted by Crippen LogP contribution is -2.17. The van der Waals surface area contributed by atoms with Crippen molar-refractivity contribution >= 4 is 5.82 Å². The molecule has 0 aromatic carbocycles. The van der Waals surface area contributed by atoms with Gasteiger partial charge in [0.2, 0.25) is 5.82 Å². The van der Waals surface area contributed by atoms with Gasteiger partial charge in [0.05, 0.1) is 6.54 Å². The van der Waals surface area contributed by atoms with Crippen molar-refractivity contribution < 1.29 is 4.74 Å². The number of aromatic nitrogens is 3. The molecule has 1 aromatic rings. The molecule has 0 unspecified atom stereocenters. The molecule has 0 atom stereocenters. The summed E-state index contributed by atoms with van der Waals surface area (Å²) in [5, 5.41) is 13.0. The van der Waals surface area contributed by atoms with E-state index in [9.17, 15) is 0 Å². The van der Waals surface area contributed by atoms with Gasteiger partial charge in [-0.1, -0.05) is 0 Å². The quantitative estimate of drug-likeness (QED) is 0.497. The van der Waals surface area contributed by atoms with Crippen LogP contribution in [0.25, 0.3) is 0 Å². The molecule has 0 amide bonds. The average molecular weight is 126 g/mol. The first-order valence-corrected chi connectivity index (χ1v) is 2.74. The fourth-order valence-electron chi connectivity index (χ4n) is 0.754. The Bertz CT molecular complexity index is 188. The van der Waals surface area contributed by atoms with Gasteiger partial charge in [-0.2, -0.15) is 5.21 Å². The van der Waals surface area contributed by atoms with Gasteiger partial charge in [0, 0.05) is 0 Å². The van der Waals surface area contributed by atoms with Crippen molar-refractivity contribution in [3.05, 3.63) is 0 Å². The van der Waals surface area contributed by atoms with Crippen molar-refractivity contribution in [3.8, 4) is 5.88 Å². The van der Waals surface area contributed by atoms with E-state index in [0.29, 0.717) is 18.3 Å². The minimum absolute atomic E-state index is 0.571. The van der Waals surface area contributed by atoms with Crippen LogP contribution in [-0.2, 0) is 0 Å². The molecule has 1 aliphatic heterocycles. The van der Waals surface area contributed by atoms with Crippen LogP contribution in [0.4, 0.5) is 5.82 Å². The van der Waals surface area contributed by atoms with Crippen molar-refractivity contribution in [2.75, 3.05) is 18.5 Å². The number of rotatable bonds is 0. The molecule has 0 aliphatic carbocycles. The molecular weight excluding hydrogens is 120 g/mol. The maximum Gasteiger partial charge on any atom is 0.277 e. The summed E-state index contributed by atoms with van der Waals surface area (Å²) in [6.45, 7) is 1.47. The van der Waals surface area contributed by atoms with Gasteiger partial charge in [0.15, 0.2) is 0 Å². The van der Waals surface area contributed by atoms with Crippen LogP contribution in [0, 0.1) is 0 Å². The second-order valence-electron chi connectivity index (χ2n) is 1.75. The summed E-state index contributed by atoms with van der Waals surface area (Å²) in [4.78, 5) is 0. The molecule has 9 heavy (non-hydrogen) atoms. The Kier molecular flexibility index (Phi) is 0.824. The number of nitrogens with zero attached hydrogens (tertiary/aromatic N) is 2. The zero-order valence-electron chi connectivity index (χ0n) is 4.72. The Hall–Kier alpha value is -1.26. The van der Waals surface area contributed by atoms with Gasteiger partial charge in [-0.3, -0.25) is 0 Å². The number of H-pyrrole nitrogens is 1. The Balaban J connectivity index is 2.39. The lowest BCUT2D eigenvalue weighted by atomic mass is 10.5. The Labute approximate surface area is 51.4 Å². The lowest BCUT2D eigenvalue weighted by molar-refractivity contribution is 0.310. The van der Waals surface area contributed by atoms with Crippen LogP contribution in [0.2, 0.25) is 0 Å². The second-order valence-corrected chi connectivity index (χ2v) is 1.75. The zero-order valence-corrected chi connectivity index (χ0v) is 4.72.